The van der Waals surface area contributed by atoms with Gasteiger partial charge in [-0.3, -0.25) is 4.21 Å². The van der Waals surface area contributed by atoms with Gasteiger partial charge in [0.05, 0.1) is 11.4 Å². The van der Waals surface area contributed by atoms with Gasteiger partial charge in [-0.15, -0.1) is 0 Å². The van der Waals surface area contributed by atoms with Gasteiger partial charge in [0.1, 0.15) is 0 Å². The fourth-order valence-electron chi connectivity index (χ4n) is 0.463. The van der Waals surface area contributed by atoms with Gasteiger partial charge in [-0.05, 0) is 13.8 Å². The van der Waals surface area contributed by atoms with Gasteiger partial charge in [0.25, 0.3) is 0 Å². The third-order valence-electron chi connectivity index (χ3n) is 1.26. The van der Waals surface area contributed by atoms with Crippen LogP contribution in [0.15, 0.2) is 0 Å². The first kappa shape index (κ1) is 9.11. The van der Waals surface area contributed by atoms with Crippen LogP contribution in [0.5, 0.6) is 0 Å². The lowest BCUT2D eigenvalue weighted by molar-refractivity contribution is 0.262. The molecule has 1 unspecified atom stereocenters. The highest BCUT2D eigenvalue weighted by molar-refractivity contribution is 7.86. The van der Waals surface area contributed by atoms with Gasteiger partial charge >= 0.3 is 0 Å². The molecule has 0 aliphatic carbocycles. The van der Waals surface area contributed by atoms with Gasteiger partial charge in [0.2, 0.25) is 0 Å². The van der Waals surface area contributed by atoms with Crippen LogP contribution in [0, 0.1) is 0 Å². The van der Waals surface area contributed by atoms with Crippen molar-refractivity contribution in [1.82, 2.24) is 0 Å². The summed E-state index contributed by atoms with van der Waals surface area (Å²) in [6.45, 7) is 5.44. The molecule has 1 atom stereocenters. The van der Waals surface area contributed by atoms with E-state index in [2.05, 4.69) is 0 Å². The zero-order chi connectivity index (χ0) is 7.49. The van der Waals surface area contributed by atoms with Crippen molar-refractivity contribution in [1.29, 1.82) is 0 Å². The number of aliphatic hydroxyl groups is 1. The van der Waals surface area contributed by atoms with Gasteiger partial charge in [0.15, 0.2) is 0 Å². The van der Waals surface area contributed by atoms with Crippen molar-refractivity contribution in [2.75, 3.05) is 12.4 Å². The quantitative estimate of drug-likeness (QED) is 0.637. The second-order valence-corrected chi connectivity index (χ2v) is 4.93. The Kier molecular flexibility index (Phi) is 3.36. The lowest BCUT2D eigenvalue weighted by Crippen LogP contribution is -2.31. The lowest BCUT2D eigenvalue weighted by Gasteiger charge is -2.19. The van der Waals surface area contributed by atoms with Gasteiger partial charge < -0.3 is 5.11 Å². The van der Waals surface area contributed by atoms with Crippen LogP contribution in [-0.2, 0) is 10.8 Å². The van der Waals surface area contributed by atoms with Crippen molar-refractivity contribution in [2.45, 2.75) is 25.5 Å². The summed E-state index contributed by atoms with van der Waals surface area (Å²) in [5.41, 5.74) is 0. The molecule has 1 N–H and O–H groups in total. The summed E-state index contributed by atoms with van der Waals surface area (Å²) in [7, 11) is -0.887. The van der Waals surface area contributed by atoms with E-state index in [0.717, 1.165) is 0 Å². The van der Waals surface area contributed by atoms with Crippen LogP contribution >= 0.6 is 0 Å². The minimum Gasteiger partial charge on any atom is -0.395 e. The first-order valence-electron chi connectivity index (χ1n) is 3.04. The van der Waals surface area contributed by atoms with Crippen LogP contribution in [0.3, 0.4) is 0 Å². The van der Waals surface area contributed by atoms with Crippen LogP contribution in [-0.4, -0.2) is 26.4 Å². The summed E-state index contributed by atoms with van der Waals surface area (Å²) < 4.78 is 10.6. The molecule has 0 amide bonds. The number of aliphatic hydroxyl groups excluding tert-OH is 1. The Morgan fingerprint density at radius 2 is 2.00 bits per heavy atom. The molecule has 0 aliphatic heterocycles. The predicted octanol–water partition coefficient (Wildman–Crippen LogP) is 0.526. The minimum atomic E-state index is -0.887. The van der Waals surface area contributed by atoms with Crippen molar-refractivity contribution in [3.63, 3.8) is 0 Å². The van der Waals surface area contributed by atoms with Gasteiger partial charge in [-0.1, -0.05) is 6.92 Å². The third kappa shape index (κ3) is 2.45. The van der Waals surface area contributed by atoms with Crippen molar-refractivity contribution in [2.24, 2.45) is 0 Å². The SMILES string of the molecule is CCS(=O)C(C)(C)CO. The van der Waals surface area contributed by atoms with E-state index in [1.807, 2.05) is 6.92 Å². The van der Waals surface area contributed by atoms with Crippen molar-refractivity contribution in [3.05, 3.63) is 0 Å². The zero-order valence-electron chi connectivity index (χ0n) is 6.18. The van der Waals surface area contributed by atoms with E-state index in [1.165, 1.54) is 0 Å². The monoisotopic (exact) mass is 150 g/mol. The summed E-state index contributed by atoms with van der Waals surface area (Å²) in [6.07, 6.45) is 0. The fourth-order valence-corrected chi connectivity index (χ4v) is 1.39. The van der Waals surface area contributed by atoms with Gasteiger partial charge in [0, 0.05) is 16.6 Å². The Bertz CT molecular complexity index is 110. The highest BCUT2D eigenvalue weighted by Crippen LogP contribution is 2.10. The summed E-state index contributed by atoms with van der Waals surface area (Å²) in [5.74, 6) is 0.619. The second kappa shape index (κ2) is 3.32. The average Bonchev–Trinajstić information content (AvgIpc) is 1.86. The Labute approximate surface area is 58.7 Å². The molecule has 0 saturated carbocycles. The van der Waals surface area contributed by atoms with Gasteiger partial charge in [-0.25, -0.2) is 0 Å². The summed E-state index contributed by atoms with van der Waals surface area (Å²) >= 11 is 0. The zero-order valence-corrected chi connectivity index (χ0v) is 6.99. The maximum Gasteiger partial charge on any atom is 0.0633 e. The molecule has 2 nitrogen and oxygen atoms in total. The van der Waals surface area contributed by atoms with E-state index in [-0.39, 0.29) is 6.61 Å². The van der Waals surface area contributed by atoms with Crippen LogP contribution in [0.2, 0.25) is 0 Å². The molecule has 0 aromatic carbocycles. The predicted molar refractivity (Wildman–Crippen MR) is 39.8 cm³/mol. The molecule has 3 heteroatoms. The lowest BCUT2D eigenvalue weighted by atomic mass is 10.2. The highest BCUT2D eigenvalue weighted by Gasteiger charge is 2.22. The van der Waals surface area contributed by atoms with Crippen molar-refractivity contribution >= 4 is 10.8 Å². The van der Waals surface area contributed by atoms with E-state index in [4.69, 9.17) is 5.11 Å². The van der Waals surface area contributed by atoms with E-state index >= 15 is 0 Å². The first-order valence-corrected chi connectivity index (χ1v) is 4.36. The van der Waals surface area contributed by atoms with E-state index in [0.29, 0.717) is 5.75 Å². The molecule has 0 spiro atoms. The maximum absolute atomic E-state index is 11.0. The van der Waals surface area contributed by atoms with Crippen LogP contribution in [0.25, 0.3) is 0 Å². The number of hydrogen-bond acceptors (Lipinski definition) is 2. The molecule has 56 valence electrons. The molecule has 0 bridgehead atoms. The second-order valence-electron chi connectivity index (χ2n) is 2.55. The van der Waals surface area contributed by atoms with Crippen LogP contribution in [0.4, 0.5) is 0 Å². The average molecular weight is 150 g/mol. The molecule has 0 rings (SSSR count). The van der Waals surface area contributed by atoms with E-state index in [9.17, 15) is 4.21 Å². The smallest absolute Gasteiger partial charge is 0.0633 e. The molecule has 0 heterocycles. The first-order chi connectivity index (χ1) is 4.04. The minimum absolute atomic E-state index is 0.00650. The van der Waals surface area contributed by atoms with E-state index in [1.54, 1.807) is 13.8 Å². The Morgan fingerprint density at radius 3 is 2.11 bits per heavy atom. The fraction of sp³-hybridized carbons (Fsp3) is 1.00. The third-order valence-corrected chi connectivity index (χ3v) is 3.15. The molecule has 0 aromatic heterocycles. The molecule has 9 heavy (non-hydrogen) atoms. The molecule has 0 saturated heterocycles. The van der Waals surface area contributed by atoms with E-state index < -0.39 is 15.5 Å². The normalized spacial score (nSPS) is 15.6. The van der Waals surface area contributed by atoms with Crippen LogP contribution in [0.1, 0.15) is 20.8 Å². The maximum atomic E-state index is 11.0. The Morgan fingerprint density at radius 1 is 1.56 bits per heavy atom. The van der Waals surface area contributed by atoms with Crippen LogP contribution < -0.4 is 0 Å². The standard InChI is InChI=1S/C6H14O2S/c1-4-9(8)6(2,3)5-7/h7H,4-5H2,1-3H3. The molecule has 0 fully saturated rings. The largest absolute Gasteiger partial charge is 0.395 e. The number of hydrogen-bond donors (Lipinski definition) is 1. The molecular weight excluding hydrogens is 136 g/mol. The Hall–Kier alpha value is 0.110. The summed E-state index contributed by atoms with van der Waals surface area (Å²) in [5, 5.41) is 8.70. The molecular formula is C6H14O2S. The van der Waals surface area contributed by atoms with Crippen molar-refractivity contribution in [3.8, 4) is 0 Å². The topological polar surface area (TPSA) is 37.3 Å². The van der Waals surface area contributed by atoms with Crippen molar-refractivity contribution < 1.29 is 9.32 Å². The Balaban J connectivity index is 3.97. The molecule has 0 radical (unpaired) electrons. The number of rotatable bonds is 3. The molecule has 0 aromatic rings. The van der Waals surface area contributed by atoms with Gasteiger partial charge in [-0.2, -0.15) is 0 Å². The highest BCUT2D eigenvalue weighted by atomic mass is 32.2. The summed E-state index contributed by atoms with van der Waals surface area (Å²) in [4.78, 5) is 0. The molecule has 0 aliphatic rings. The summed E-state index contributed by atoms with van der Waals surface area (Å²) in [6, 6.07) is 0.